The van der Waals surface area contributed by atoms with Gasteiger partial charge in [-0.3, -0.25) is 15.2 Å². The number of carbonyl (C=O) groups excluding carboxylic acids is 1. The molecule has 0 aliphatic carbocycles. The summed E-state index contributed by atoms with van der Waals surface area (Å²) in [6.45, 7) is 0.114. The molecular weight excluding hydrogens is 394 g/mol. The number of hydrogen-bond donors (Lipinski definition) is 3. The highest BCUT2D eigenvalue weighted by molar-refractivity contribution is 5.96. The van der Waals surface area contributed by atoms with E-state index in [0.717, 1.165) is 22.3 Å². The lowest BCUT2D eigenvalue weighted by Crippen LogP contribution is -2.22. The maximum atomic E-state index is 12.5. The number of nitrogens with zero attached hydrogens (tertiary/aromatic N) is 1. The molecule has 0 saturated heterocycles. The third-order valence-electron chi connectivity index (χ3n) is 5.27. The lowest BCUT2D eigenvalue weighted by molar-refractivity contribution is 0.0971. The normalized spacial score (nSPS) is 14.2. The Morgan fingerprint density at radius 2 is 1.90 bits per heavy atom. The van der Waals surface area contributed by atoms with E-state index in [1.807, 2.05) is 36.4 Å². The molecule has 7 nitrogen and oxygen atoms in total. The SMILES string of the molecule is N=C(N)OCC1c2cc(C(=O)CCCO)ccc2Oc2ccc(-c3cccnc3)cc21. The lowest BCUT2D eigenvalue weighted by atomic mass is 9.85. The Labute approximate surface area is 180 Å². The molecule has 3 aromatic rings. The number of hydrogen-bond acceptors (Lipinski definition) is 6. The summed E-state index contributed by atoms with van der Waals surface area (Å²) in [5.41, 5.74) is 9.62. The second kappa shape index (κ2) is 8.97. The van der Waals surface area contributed by atoms with Gasteiger partial charge in [0, 0.05) is 47.7 Å². The minimum atomic E-state index is -0.367. The number of nitrogens with one attached hydrogen (secondary N) is 1. The van der Waals surface area contributed by atoms with E-state index in [2.05, 4.69) is 4.98 Å². The van der Waals surface area contributed by atoms with Crippen molar-refractivity contribution in [1.29, 1.82) is 5.41 Å². The van der Waals surface area contributed by atoms with Gasteiger partial charge in [0.2, 0.25) is 0 Å². The molecule has 1 aliphatic rings. The van der Waals surface area contributed by atoms with E-state index in [9.17, 15) is 4.79 Å². The monoisotopic (exact) mass is 417 g/mol. The summed E-state index contributed by atoms with van der Waals surface area (Å²) >= 11 is 0. The fourth-order valence-corrected chi connectivity index (χ4v) is 3.74. The fraction of sp³-hybridized carbons (Fsp3) is 0.208. The average Bonchev–Trinajstić information content (AvgIpc) is 2.80. The molecule has 4 rings (SSSR count). The van der Waals surface area contributed by atoms with Gasteiger partial charge in [0.05, 0.1) is 5.92 Å². The standard InChI is InChI=1S/C24H23N3O4/c25-24(26)30-14-20-18-11-15(17-3-1-9-27-13-17)5-7-22(18)31-23-8-6-16(12-19(20)23)21(29)4-2-10-28/h1,3,5-9,11-13,20,28H,2,4,10,14H2,(H3,25,26). The molecule has 0 bridgehead atoms. The first kappa shape index (κ1) is 20.6. The Morgan fingerprint density at radius 3 is 2.61 bits per heavy atom. The summed E-state index contributed by atoms with van der Waals surface area (Å²) in [7, 11) is 0. The van der Waals surface area contributed by atoms with E-state index in [4.69, 9.17) is 25.7 Å². The highest BCUT2D eigenvalue weighted by atomic mass is 16.5. The van der Waals surface area contributed by atoms with Crippen LogP contribution in [0.1, 0.15) is 40.2 Å². The van der Waals surface area contributed by atoms with Gasteiger partial charge in [0.1, 0.15) is 18.1 Å². The van der Waals surface area contributed by atoms with E-state index in [1.165, 1.54) is 0 Å². The van der Waals surface area contributed by atoms with Crippen LogP contribution >= 0.6 is 0 Å². The average molecular weight is 417 g/mol. The summed E-state index contributed by atoms with van der Waals surface area (Å²) in [6.07, 6.45) is 4.20. The summed E-state index contributed by atoms with van der Waals surface area (Å²) in [5, 5.41) is 16.5. The zero-order chi connectivity index (χ0) is 21.8. The molecule has 4 N–H and O–H groups in total. The van der Waals surface area contributed by atoms with Crippen molar-refractivity contribution in [2.45, 2.75) is 18.8 Å². The van der Waals surface area contributed by atoms with Crippen molar-refractivity contribution in [3.8, 4) is 22.6 Å². The van der Waals surface area contributed by atoms with Crippen molar-refractivity contribution in [2.75, 3.05) is 13.2 Å². The van der Waals surface area contributed by atoms with Gasteiger partial charge in [0.25, 0.3) is 6.02 Å². The van der Waals surface area contributed by atoms with Crippen LogP contribution in [0.25, 0.3) is 11.1 Å². The topological polar surface area (TPSA) is 119 Å². The Kier molecular flexibility index (Phi) is 5.95. The predicted molar refractivity (Wildman–Crippen MR) is 117 cm³/mol. The Bertz CT molecular complexity index is 1120. The van der Waals surface area contributed by atoms with Gasteiger partial charge in [0.15, 0.2) is 5.78 Å². The Hall–Kier alpha value is -3.71. The molecule has 1 aliphatic heterocycles. The molecule has 0 spiro atoms. The van der Waals surface area contributed by atoms with Crippen LogP contribution < -0.4 is 10.5 Å². The smallest absolute Gasteiger partial charge is 0.279 e. The second-order valence-corrected chi connectivity index (χ2v) is 7.33. The van der Waals surface area contributed by atoms with Gasteiger partial charge in [-0.2, -0.15) is 0 Å². The van der Waals surface area contributed by atoms with Crippen LogP contribution in [0.5, 0.6) is 11.5 Å². The second-order valence-electron chi connectivity index (χ2n) is 7.33. The molecule has 2 heterocycles. The number of ether oxygens (including phenoxy) is 2. The molecule has 7 heteroatoms. The maximum absolute atomic E-state index is 12.5. The molecule has 0 radical (unpaired) electrons. The summed E-state index contributed by atoms with van der Waals surface area (Å²) < 4.78 is 11.5. The molecule has 158 valence electrons. The van der Waals surface area contributed by atoms with Crippen LogP contribution in [-0.2, 0) is 4.74 Å². The number of benzene rings is 2. The first-order valence-electron chi connectivity index (χ1n) is 10.0. The quantitative estimate of drug-likeness (QED) is 0.305. The minimum absolute atomic E-state index is 0.0284. The molecular formula is C24H23N3O4. The van der Waals surface area contributed by atoms with Crippen LogP contribution in [0.4, 0.5) is 0 Å². The van der Waals surface area contributed by atoms with Crippen LogP contribution in [0, 0.1) is 5.41 Å². The zero-order valence-corrected chi connectivity index (χ0v) is 16.9. The highest BCUT2D eigenvalue weighted by Gasteiger charge is 2.29. The van der Waals surface area contributed by atoms with E-state index in [0.29, 0.717) is 23.5 Å². The number of aliphatic hydroxyl groups excluding tert-OH is 1. The van der Waals surface area contributed by atoms with Crippen LogP contribution in [0.2, 0.25) is 0 Å². The van der Waals surface area contributed by atoms with E-state index >= 15 is 0 Å². The number of amidine groups is 1. The van der Waals surface area contributed by atoms with Gasteiger partial charge in [-0.05, 0) is 48.4 Å². The van der Waals surface area contributed by atoms with Crippen LogP contribution in [-0.4, -0.2) is 35.1 Å². The van der Waals surface area contributed by atoms with Crippen molar-refractivity contribution in [2.24, 2.45) is 5.73 Å². The van der Waals surface area contributed by atoms with Crippen molar-refractivity contribution >= 4 is 11.8 Å². The summed E-state index contributed by atoms with van der Waals surface area (Å²) in [6, 6.07) is 14.7. The van der Waals surface area contributed by atoms with Crippen molar-refractivity contribution in [1.82, 2.24) is 4.98 Å². The number of rotatable bonds is 7. The molecule has 1 unspecified atom stereocenters. The Morgan fingerprint density at radius 1 is 1.13 bits per heavy atom. The molecule has 2 aromatic carbocycles. The van der Waals surface area contributed by atoms with Gasteiger partial charge >= 0.3 is 0 Å². The first-order valence-corrected chi connectivity index (χ1v) is 10.0. The molecule has 1 atom stereocenters. The zero-order valence-electron chi connectivity index (χ0n) is 16.9. The fourth-order valence-electron chi connectivity index (χ4n) is 3.74. The van der Waals surface area contributed by atoms with E-state index in [-0.39, 0.29) is 37.4 Å². The van der Waals surface area contributed by atoms with Gasteiger partial charge < -0.3 is 20.3 Å². The number of aliphatic hydroxyl groups is 1. The third-order valence-corrected chi connectivity index (χ3v) is 5.27. The first-order chi connectivity index (χ1) is 15.1. The van der Waals surface area contributed by atoms with Gasteiger partial charge in [-0.1, -0.05) is 12.1 Å². The van der Waals surface area contributed by atoms with E-state index in [1.54, 1.807) is 24.5 Å². The largest absolute Gasteiger partial charge is 0.465 e. The summed E-state index contributed by atoms with van der Waals surface area (Å²) in [5.74, 6) is 1.01. The van der Waals surface area contributed by atoms with Crippen LogP contribution in [0.15, 0.2) is 60.9 Å². The lowest BCUT2D eigenvalue weighted by Gasteiger charge is -2.29. The van der Waals surface area contributed by atoms with Crippen molar-refractivity contribution < 1.29 is 19.4 Å². The van der Waals surface area contributed by atoms with Crippen molar-refractivity contribution in [3.63, 3.8) is 0 Å². The maximum Gasteiger partial charge on any atom is 0.279 e. The molecule has 31 heavy (non-hydrogen) atoms. The minimum Gasteiger partial charge on any atom is -0.465 e. The number of aromatic nitrogens is 1. The molecule has 1 aromatic heterocycles. The van der Waals surface area contributed by atoms with Crippen molar-refractivity contribution in [3.05, 3.63) is 77.6 Å². The van der Waals surface area contributed by atoms with Gasteiger partial charge in [-0.25, -0.2) is 0 Å². The number of fused-ring (bicyclic) bond motifs is 2. The number of nitrogens with two attached hydrogens (primary N) is 1. The van der Waals surface area contributed by atoms with Crippen LogP contribution in [0.3, 0.4) is 0 Å². The van der Waals surface area contributed by atoms with Gasteiger partial charge in [-0.15, -0.1) is 0 Å². The van der Waals surface area contributed by atoms with E-state index < -0.39 is 0 Å². The summed E-state index contributed by atoms with van der Waals surface area (Å²) in [4.78, 5) is 16.7. The predicted octanol–water partition coefficient (Wildman–Crippen LogP) is 3.85. The Balaban J connectivity index is 1.75. The molecule has 0 amide bonds. The number of ketones is 1. The number of Topliss-reactive ketones (excluding diaryl/α,β-unsaturated/α-hetero) is 1. The third kappa shape index (κ3) is 4.41. The highest BCUT2D eigenvalue weighted by Crippen LogP contribution is 2.46. The molecule has 0 saturated carbocycles. The number of carbonyl (C=O) groups is 1. The number of pyridine rings is 1. The molecule has 0 fully saturated rings.